The van der Waals surface area contributed by atoms with Crippen LogP contribution in [0.5, 0.6) is 0 Å². The monoisotopic (exact) mass is 467 g/mol. The zero-order chi connectivity index (χ0) is 14.4. The van der Waals surface area contributed by atoms with Gasteiger partial charge in [-0.1, -0.05) is 34.1 Å². The predicted molar refractivity (Wildman–Crippen MR) is 102 cm³/mol. The van der Waals surface area contributed by atoms with Gasteiger partial charge in [0.1, 0.15) is 0 Å². The third kappa shape index (κ3) is 5.10. The molecular weight excluding hydrogens is 445 g/mol. The maximum Gasteiger partial charge on any atom is 0.191 e. The molecule has 1 aliphatic carbocycles. The molecule has 0 atom stereocenters. The first-order chi connectivity index (χ1) is 9.72. The van der Waals surface area contributed by atoms with E-state index in [1.54, 1.807) is 0 Å². The van der Waals surface area contributed by atoms with Crippen LogP contribution < -0.4 is 10.6 Å². The van der Waals surface area contributed by atoms with Crippen molar-refractivity contribution < 1.29 is 5.11 Å². The van der Waals surface area contributed by atoms with Crippen LogP contribution in [0.3, 0.4) is 0 Å². The number of aliphatic imine (C=N–C) groups is 1. The first-order valence-corrected chi connectivity index (χ1v) is 7.89. The molecule has 118 valence electrons. The highest BCUT2D eigenvalue weighted by Gasteiger charge is 2.45. The highest BCUT2D eigenvalue weighted by molar-refractivity contribution is 14.0. The maximum atomic E-state index is 8.89. The van der Waals surface area contributed by atoms with Crippen LogP contribution in [0.1, 0.15) is 25.3 Å². The van der Waals surface area contributed by atoms with Gasteiger partial charge in [0, 0.05) is 23.0 Å². The van der Waals surface area contributed by atoms with Crippen LogP contribution in [0, 0.1) is 0 Å². The molecule has 0 bridgehead atoms. The molecule has 0 amide bonds. The molecule has 0 aromatic heterocycles. The molecule has 1 aromatic rings. The van der Waals surface area contributed by atoms with E-state index in [4.69, 9.17) is 5.11 Å². The highest BCUT2D eigenvalue weighted by atomic mass is 127. The van der Waals surface area contributed by atoms with E-state index in [2.05, 4.69) is 49.8 Å². The Bertz CT molecular complexity index is 478. The quantitative estimate of drug-likeness (QED) is 0.342. The molecule has 1 aliphatic rings. The molecule has 21 heavy (non-hydrogen) atoms. The van der Waals surface area contributed by atoms with Crippen molar-refractivity contribution >= 4 is 45.9 Å². The number of aliphatic hydroxyl groups is 1. The Labute approximate surface area is 152 Å². The zero-order valence-corrected chi connectivity index (χ0v) is 16.1. The van der Waals surface area contributed by atoms with E-state index >= 15 is 0 Å². The summed E-state index contributed by atoms with van der Waals surface area (Å²) in [5, 5.41) is 15.2. The van der Waals surface area contributed by atoms with Gasteiger partial charge in [-0.25, -0.2) is 0 Å². The van der Waals surface area contributed by atoms with Crippen LogP contribution in [-0.2, 0) is 5.41 Å². The molecular formula is C15H23BrIN3O. The van der Waals surface area contributed by atoms with Gasteiger partial charge in [-0.15, -0.1) is 24.0 Å². The Morgan fingerprint density at radius 1 is 1.33 bits per heavy atom. The lowest BCUT2D eigenvalue weighted by Gasteiger charge is -2.17. The summed E-state index contributed by atoms with van der Waals surface area (Å²) in [5.41, 5.74) is 1.53. The normalized spacial score (nSPS) is 16.0. The van der Waals surface area contributed by atoms with Crippen molar-refractivity contribution in [1.29, 1.82) is 0 Å². The summed E-state index contributed by atoms with van der Waals surface area (Å²) < 4.78 is 1.17. The van der Waals surface area contributed by atoms with E-state index in [1.165, 1.54) is 22.9 Å². The molecule has 0 unspecified atom stereocenters. The van der Waals surface area contributed by atoms with Gasteiger partial charge in [0.25, 0.3) is 0 Å². The number of nitrogens with one attached hydrogen (secondary N) is 2. The number of guanidine groups is 1. The van der Waals surface area contributed by atoms with Gasteiger partial charge < -0.3 is 15.7 Å². The number of hydrogen-bond acceptors (Lipinski definition) is 2. The van der Waals surface area contributed by atoms with E-state index in [0.29, 0.717) is 6.54 Å². The average molecular weight is 468 g/mol. The molecule has 0 aliphatic heterocycles. The fourth-order valence-electron chi connectivity index (χ4n) is 2.30. The Morgan fingerprint density at radius 3 is 2.62 bits per heavy atom. The van der Waals surface area contributed by atoms with Crippen LogP contribution >= 0.6 is 39.9 Å². The molecule has 0 radical (unpaired) electrons. The molecule has 0 saturated heterocycles. The van der Waals surface area contributed by atoms with Crippen molar-refractivity contribution in [2.75, 3.05) is 26.2 Å². The number of hydrogen-bond donors (Lipinski definition) is 3. The van der Waals surface area contributed by atoms with Gasteiger partial charge in [-0.05, 0) is 31.4 Å². The van der Waals surface area contributed by atoms with E-state index in [9.17, 15) is 0 Å². The van der Waals surface area contributed by atoms with Crippen LogP contribution in [0.4, 0.5) is 0 Å². The summed E-state index contributed by atoms with van der Waals surface area (Å²) in [5.74, 6) is 0.778. The van der Waals surface area contributed by atoms with Gasteiger partial charge in [0.2, 0.25) is 0 Å². The van der Waals surface area contributed by atoms with Gasteiger partial charge in [0.15, 0.2) is 5.96 Å². The third-order valence-electron chi connectivity index (χ3n) is 3.59. The molecule has 0 heterocycles. The van der Waals surface area contributed by atoms with Crippen LogP contribution in [-0.4, -0.2) is 37.3 Å². The summed E-state index contributed by atoms with van der Waals surface area (Å²) in [7, 11) is 0. The molecule has 1 saturated carbocycles. The summed E-state index contributed by atoms with van der Waals surface area (Å²) in [6.07, 6.45) is 2.36. The second-order valence-corrected chi connectivity index (χ2v) is 5.96. The Kier molecular flexibility index (Phi) is 7.97. The van der Waals surface area contributed by atoms with Crippen molar-refractivity contribution in [3.05, 3.63) is 34.3 Å². The van der Waals surface area contributed by atoms with Gasteiger partial charge >= 0.3 is 0 Å². The topological polar surface area (TPSA) is 56.7 Å². The third-order valence-corrected chi connectivity index (χ3v) is 4.28. The summed E-state index contributed by atoms with van der Waals surface area (Å²) >= 11 is 3.64. The molecule has 1 fully saturated rings. The molecule has 2 rings (SSSR count). The Balaban J connectivity index is 0.00000220. The lowest BCUT2D eigenvalue weighted by Crippen LogP contribution is -2.39. The fraction of sp³-hybridized carbons (Fsp3) is 0.533. The minimum atomic E-state index is 0. The summed E-state index contributed by atoms with van der Waals surface area (Å²) in [6.45, 7) is 4.26. The van der Waals surface area contributed by atoms with E-state index in [1.807, 2.05) is 13.0 Å². The number of rotatable bonds is 6. The van der Waals surface area contributed by atoms with Crippen molar-refractivity contribution in [2.24, 2.45) is 4.99 Å². The maximum absolute atomic E-state index is 8.89. The second-order valence-electron chi connectivity index (χ2n) is 5.11. The predicted octanol–water partition coefficient (Wildman–Crippen LogP) is 2.65. The van der Waals surface area contributed by atoms with Crippen molar-refractivity contribution in [3.63, 3.8) is 0 Å². The van der Waals surface area contributed by atoms with Crippen molar-refractivity contribution in [3.8, 4) is 0 Å². The smallest absolute Gasteiger partial charge is 0.191 e. The minimum absolute atomic E-state index is 0. The highest BCUT2D eigenvalue weighted by Crippen LogP contribution is 2.50. The second kappa shape index (κ2) is 8.95. The number of halogens is 2. The Hall–Kier alpha value is -0.340. The average Bonchev–Trinajstić information content (AvgIpc) is 3.23. The first kappa shape index (κ1) is 18.7. The largest absolute Gasteiger partial charge is 0.395 e. The standard InChI is InChI=1S/C15H22BrN3O.HI/c1-2-17-14(18-9-10-20)19-11-15(7-8-15)12-5-3-4-6-13(12)16;/h3-6,20H,2,7-11H2,1H3,(H2,17,18,19);1H. The van der Waals surface area contributed by atoms with E-state index in [-0.39, 0.29) is 36.0 Å². The number of nitrogens with zero attached hydrogens (tertiary/aromatic N) is 1. The first-order valence-electron chi connectivity index (χ1n) is 7.10. The molecule has 1 aromatic carbocycles. The molecule has 3 N–H and O–H groups in total. The number of aliphatic hydroxyl groups excluding tert-OH is 1. The van der Waals surface area contributed by atoms with Gasteiger partial charge in [-0.3, -0.25) is 4.99 Å². The van der Waals surface area contributed by atoms with Crippen LogP contribution in [0.2, 0.25) is 0 Å². The summed E-state index contributed by atoms with van der Waals surface area (Å²) in [4.78, 5) is 4.67. The van der Waals surface area contributed by atoms with E-state index in [0.717, 1.165) is 19.0 Å². The number of benzene rings is 1. The molecule has 4 nitrogen and oxygen atoms in total. The van der Waals surface area contributed by atoms with E-state index < -0.39 is 0 Å². The van der Waals surface area contributed by atoms with Crippen molar-refractivity contribution in [2.45, 2.75) is 25.2 Å². The minimum Gasteiger partial charge on any atom is -0.395 e. The fourth-order valence-corrected chi connectivity index (χ4v) is 3.01. The Morgan fingerprint density at radius 2 is 2.05 bits per heavy atom. The van der Waals surface area contributed by atoms with Crippen LogP contribution in [0.25, 0.3) is 0 Å². The molecule has 0 spiro atoms. The van der Waals surface area contributed by atoms with Gasteiger partial charge in [0.05, 0.1) is 13.2 Å². The zero-order valence-electron chi connectivity index (χ0n) is 12.2. The lowest BCUT2D eigenvalue weighted by atomic mass is 9.96. The molecule has 6 heteroatoms. The SMILES string of the molecule is CCNC(=NCC1(c2ccccc2Br)CC1)NCCO.I. The summed E-state index contributed by atoms with van der Waals surface area (Å²) in [6, 6.07) is 8.40. The van der Waals surface area contributed by atoms with Gasteiger partial charge in [-0.2, -0.15) is 0 Å². The lowest BCUT2D eigenvalue weighted by molar-refractivity contribution is 0.300. The van der Waals surface area contributed by atoms with Crippen molar-refractivity contribution in [1.82, 2.24) is 10.6 Å². The van der Waals surface area contributed by atoms with Crippen LogP contribution in [0.15, 0.2) is 33.7 Å².